The van der Waals surface area contributed by atoms with Gasteiger partial charge < -0.3 is 10.2 Å². The van der Waals surface area contributed by atoms with Crippen LogP contribution in [-0.2, 0) is 0 Å². The second kappa shape index (κ2) is 5.57. The van der Waals surface area contributed by atoms with Gasteiger partial charge in [-0.05, 0) is 37.1 Å². The number of aromatic nitrogens is 2. The third kappa shape index (κ3) is 2.69. The highest BCUT2D eigenvalue weighted by Crippen LogP contribution is 2.21. The predicted octanol–water partition coefficient (Wildman–Crippen LogP) is 2.69. The lowest BCUT2D eigenvalue weighted by molar-refractivity contribution is 0.928. The molecule has 2 aromatic rings. The molecular formula is C15H15N5. The average Bonchev–Trinajstić information content (AvgIpc) is 3.03. The molecule has 2 heterocycles. The molecule has 1 aliphatic heterocycles. The summed E-state index contributed by atoms with van der Waals surface area (Å²) in [4.78, 5) is 10.8. The molecule has 0 amide bonds. The van der Waals surface area contributed by atoms with Crippen molar-refractivity contribution in [3.63, 3.8) is 0 Å². The molecule has 1 aliphatic rings. The van der Waals surface area contributed by atoms with E-state index in [-0.39, 0.29) is 0 Å². The Morgan fingerprint density at radius 3 is 2.55 bits per heavy atom. The Morgan fingerprint density at radius 2 is 1.85 bits per heavy atom. The van der Waals surface area contributed by atoms with Crippen LogP contribution in [0.4, 0.5) is 17.3 Å². The fraction of sp³-hybridized carbons (Fsp3) is 0.267. The first kappa shape index (κ1) is 12.4. The van der Waals surface area contributed by atoms with E-state index in [1.54, 1.807) is 18.5 Å². The van der Waals surface area contributed by atoms with Gasteiger partial charge in [-0.3, -0.25) is 0 Å². The molecule has 0 saturated carbocycles. The second-order valence-corrected chi connectivity index (χ2v) is 4.77. The van der Waals surface area contributed by atoms with E-state index in [0.717, 1.165) is 30.4 Å². The molecule has 3 rings (SSSR count). The van der Waals surface area contributed by atoms with Gasteiger partial charge in [0.15, 0.2) is 0 Å². The van der Waals surface area contributed by atoms with E-state index in [1.165, 1.54) is 12.8 Å². The minimum atomic E-state index is 0.649. The Kier molecular flexibility index (Phi) is 3.46. The summed E-state index contributed by atoms with van der Waals surface area (Å²) in [7, 11) is 0. The minimum Gasteiger partial charge on any atom is -0.356 e. The van der Waals surface area contributed by atoms with Gasteiger partial charge in [0.05, 0.1) is 11.6 Å². The van der Waals surface area contributed by atoms with E-state index < -0.39 is 0 Å². The zero-order valence-electron chi connectivity index (χ0n) is 11.1. The highest BCUT2D eigenvalue weighted by atomic mass is 15.2. The Balaban J connectivity index is 1.76. The van der Waals surface area contributed by atoms with Crippen molar-refractivity contribution in [1.82, 2.24) is 9.97 Å². The molecule has 0 aliphatic carbocycles. The maximum Gasteiger partial charge on any atom is 0.135 e. The number of benzene rings is 1. The molecule has 1 aromatic heterocycles. The first-order valence-corrected chi connectivity index (χ1v) is 6.69. The zero-order valence-corrected chi connectivity index (χ0v) is 11.1. The maximum atomic E-state index is 8.78. The predicted molar refractivity (Wildman–Crippen MR) is 77.9 cm³/mol. The number of nitriles is 1. The van der Waals surface area contributed by atoms with Crippen LogP contribution < -0.4 is 10.2 Å². The summed E-state index contributed by atoms with van der Waals surface area (Å²) >= 11 is 0. The lowest BCUT2D eigenvalue weighted by Gasteiger charge is -2.16. The minimum absolute atomic E-state index is 0.649. The van der Waals surface area contributed by atoms with Gasteiger partial charge in [0.1, 0.15) is 18.0 Å². The third-order valence-corrected chi connectivity index (χ3v) is 3.37. The van der Waals surface area contributed by atoms with Crippen LogP contribution in [0.25, 0.3) is 0 Å². The van der Waals surface area contributed by atoms with Crippen LogP contribution in [0.15, 0.2) is 36.7 Å². The van der Waals surface area contributed by atoms with E-state index in [2.05, 4.69) is 26.3 Å². The van der Waals surface area contributed by atoms with Gasteiger partial charge in [-0.2, -0.15) is 5.26 Å². The van der Waals surface area contributed by atoms with Crippen LogP contribution in [0.3, 0.4) is 0 Å². The molecule has 0 spiro atoms. The van der Waals surface area contributed by atoms with E-state index in [0.29, 0.717) is 5.56 Å². The number of anilines is 3. The number of nitrogens with zero attached hydrogens (tertiary/aromatic N) is 4. The van der Waals surface area contributed by atoms with Crippen molar-refractivity contribution in [2.75, 3.05) is 23.3 Å². The monoisotopic (exact) mass is 265 g/mol. The Morgan fingerprint density at radius 1 is 1.10 bits per heavy atom. The molecule has 1 aromatic carbocycles. The number of rotatable bonds is 3. The smallest absolute Gasteiger partial charge is 0.135 e. The Labute approximate surface area is 117 Å². The molecule has 1 fully saturated rings. The SMILES string of the molecule is N#Cc1ccc(Nc2cc(N3CCCC3)ncn2)cc1. The molecule has 100 valence electrons. The van der Waals surface area contributed by atoms with Gasteiger partial charge >= 0.3 is 0 Å². The van der Waals surface area contributed by atoms with Crippen LogP contribution in [0.2, 0.25) is 0 Å². The van der Waals surface area contributed by atoms with Crippen molar-refractivity contribution in [2.24, 2.45) is 0 Å². The van der Waals surface area contributed by atoms with Crippen LogP contribution in [-0.4, -0.2) is 23.1 Å². The third-order valence-electron chi connectivity index (χ3n) is 3.37. The first-order chi connectivity index (χ1) is 9.85. The first-order valence-electron chi connectivity index (χ1n) is 6.69. The summed E-state index contributed by atoms with van der Waals surface area (Å²) in [5.41, 5.74) is 1.56. The van der Waals surface area contributed by atoms with Crippen molar-refractivity contribution >= 4 is 17.3 Å². The molecule has 0 radical (unpaired) electrons. The summed E-state index contributed by atoms with van der Waals surface area (Å²) in [5.74, 6) is 1.74. The van der Waals surface area contributed by atoms with Crippen molar-refractivity contribution in [3.8, 4) is 6.07 Å². The molecule has 1 N–H and O–H groups in total. The van der Waals surface area contributed by atoms with E-state index in [1.807, 2.05) is 18.2 Å². The van der Waals surface area contributed by atoms with Crippen molar-refractivity contribution in [1.29, 1.82) is 5.26 Å². The van der Waals surface area contributed by atoms with Crippen molar-refractivity contribution in [3.05, 3.63) is 42.2 Å². The summed E-state index contributed by atoms with van der Waals surface area (Å²) < 4.78 is 0. The fourth-order valence-corrected chi connectivity index (χ4v) is 2.31. The average molecular weight is 265 g/mol. The largest absolute Gasteiger partial charge is 0.356 e. The standard InChI is InChI=1S/C15H15N5/c16-10-12-3-5-13(6-4-12)19-14-9-15(18-11-17-14)20-7-1-2-8-20/h3-6,9,11H,1-2,7-8H2,(H,17,18,19). The number of hydrogen-bond donors (Lipinski definition) is 1. The lowest BCUT2D eigenvalue weighted by Crippen LogP contribution is -2.19. The van der Waals surface area contributed by atoms with Gasteiger partial charge in [-0.1, -0.05) is 0 Å². The normalized spacial score (nSPS) is 14.1. The number of nitrogens with one attached hydrogen (secondary N) is 1. The summed E-state index contributed by atoms with van der Waals surface area (Å²) in [6, 6.07) is 11.4. The van der Waals surface area contributed by atoms with E-state index in [9.17, 15) is 0 Å². The maximum absolute atomic E-state index is 8.78. The van der Waals surface area contributed by atoms with Crippen LogP contribution in [0.1, 0.15) is 18.4 Å². The highest BCUT2D eigenvalue weighted by molar-refractivity contribution is 5.60. The zero-order chi connectivity index (χ0) is 13.8. The van der Waals surface area contributed by atoms with Crippen LogP contribution in [0, 0.1) is 11.3 Å². The number of hydrogen-bond acceptors (Lipinski definition) is 5. The molecule has 0 bridgehead atoms. The summed E-state index contributed by atoms with van der Waals surface area (Å²) in [6.45, 7) is 2.13. The van der Waals surface area contributed by atoms with Crippen molar-refractivity contribution < 1.29 is 0 Å². The summed E-state index contributed by atoms with van der Waals surface area (Å²) in [6.07, 6.45) is 4.03. The summed E-state index contributed by atoms with van der Waals surface area (Å²) in [5, 5.41) is 12.0. The van der Waals surface area contributed by atoms with E-state index >= 15 is 0 Å². The van der Waals surface area contributed by atoms with Crippen LogP contribution in [0.5, 0.6) is 0 Å². The van der Waals surface area contributed by atoms with Gasteiger partial charge in [0.2, 0.25) is 0 Å². The fourth-order valence-electron chi connectivity index (χ4n) is 2.31. The van der Waals surface area contributed by atoms with Crippen LogP contribution >= 0.6 is 0 Å². The lowest BCUT2D eigenvalue weighted by atomic mass is 10.2. The van der Waals surface area contributed by atoms with E-state index in [4.69, 9.17) is 5.26 Å². The van der Waals surface area contributed by atoms with Gasteiger partial charge in [0, 0.05) is 24.8 Å². The molecule has 5 nitrogen and oxygen atoms in total. The van der Waals surface area contributed by atoms with Crippen molar-refractivity contribution in [2.45, 2.75) is 12.8 Å². The quantitative estimate of drug-likeness (QED) is 0.924. The topological polar surface area (TPSA) is 64.8 Å². The van der Waals surface area contributed by atoms with Gasteiger partial charge in [-0.15, -0.1) is 0 Å². The van der Waals surface area contributed by atoms with Gasteiger partial charge in [0.25, 0.3) is 0 Å². The molecular weight excluding hydrogens is 250 g/mol. The Bertz CT molecular complexity index is 623. The molecule has 1 saturated heterocycles. The Hall–Kier alpha value is -2.61. The highest BCUT2D eigenvalue weighted by Gasteiger charge is 2.13. The molecule has 5 heteroatoms. The molecule has 20 heavy (non-hydrogen) atoms. The van der Waals surface area contributed by atoms with Gasteiger partial charge in [-0.25, -0.2) is 9.97 Å². The molecule has 0 unspecified atom stereocenters. The second-order valence-electron chi connectivity index (χ2n) is 4.77. The molecule has 0 atom stereocenters.